The summed E-state index contributed by atoms with van der Waals surface area (Å²) in [5.41, 5.74) is 0.647. The minimum absolute atomic E-state index is 0.0494. The largest absolute Gasteiger partial charge is 0.489 e. The highest BCUT2D eigenvalue weighted by Gasteiger charge is 2.25. The standard InChI is InChI=1S/C16H20O4/c1-11-9-19-13-6-5-12(8-15(13)20-10-11)16(17)14-4-2-3-7-18-14/h5-6,8,11,14H,2-4,7,9-10H2,1H3. The summed E-state index contributed by atoms with van der Waals surface area (Å²) in [7, 11) is 0. The third kappa shape index (κ3) is 2.80. The van der Waals surface area contributed by atoms with Gasteiger partial charge in [0, 0.05) is 18.1 Å². The van der Waals surface area contributed by atoms with E-state index in [-0.39, 0.29) is 11.9 Å². The summed E-state index contributed by atoms with van der Waals surface area (Å²) in [6, 6.07) is 5.41. The number of carbonyl (C=O) groups is 1. The predicted octanol–water partition coefficient (Wildman–Crippen LogP) is 2.85. The molecule has 0 bridgehead atoms. The van der Waals surface area contributed by atoms with Crippen molar-refractivity contribution in [2.24, 2.45) is 5.92 Å². The maximum atomic E-state index is 12.4. The van der Waals surface area contributed by atoms with Crippen LogP contribution in [0.4, 0.5) is 0 Å². The topological polar surface area (TPSA) is 44.8 Å². The zero-order valence-corrected chi connectivity index (χ0v) is 11.8. The van der Waals surface area contributed by atoms with Crippen molar-refractivity contribution in [1.29, 1.82) is 0 Å². The first-order chi connectivity index (χ1) is 9.74. The molecule has 1 fully saturated rings. The molecule has 1 aromatic rings. The number of fused-ring (bicyclic) bond motifs is 1. The predicted molar refractivity (Wildman–Crippen MR) is 74.5 cm³/mol. The maximum Gasteiger partial charge on any atom is 0.191 e. The Bertz CT molecular complexity index is 491. The van der Waals surface area contributed by atoms with Gasteiger partial charge in [0.1, 0.15) is 6.10 Å². The Hall–Kier alpha value is -1.55. The zero-order chi connectivity index (χ0) is 13.9. The summed E-state index contributed by atoms with van der Waals surface area (Å²) < 4.78 is 17.0. The van der Waals surface area contributed by atoms with Gasteiger partial charge < -0.3 is 14.2 Å². The van der Waals surface area contributed by atoms with E-state index >= 15 is 0 Å². The normalized spacial score (nSPS) is 25.9. The van der Waals surface area contributed by atoms with Gasteiger partial charge in [-0.1, -0.05) is 6.92 Å². The molecule has 1 saturated heterocycles. The van der Waals surface area contributed by atoms with Crippen molar-refractivity contribution in [1.82, 2.24) is 0 Å². The number of hydrogen-bond donors (Lipinski definition) is 0. The lowest BCUT2D eigenvalue weighted by atomic mass is 9.99. The van der Waals surface area contributed by atoms with E-state index in [1.54, 1.807) is 12.1 Å². The lowest BCUT2D eigenvalue weighted by molar-refractivity contribution is 0.0186. The molecule has 2 aliphatic heterocycles. The monoisotopic (exact) mass is 276 g/mol. The molecule has 20 heavy (non-hydrogen) atoms. The smallest absolute Gasteiger partial charge is 0.191 e. The molecule has 3 rings (SSSR count). The second-order valence-corrected chi connectivity index (χ2v) is 5.61. The van der Waals surface area contributed by atoms with Gasteiger partial charge in [-0.2, -0.15) is 0 Å². The molecule has 0 aromatic heterocycles. The van der Waals surface area contributed by atoms with E-state index in [0.29, 0.717) is 37.1 Å². The molecule has 0 radical (unpaired) electrons. The average molecular weight is 276 g/mol. The molecule has 0 spiro atoms. The van der Waals surface area contributed by atoms with E-state index in [1.165, 1.54) is 0 Å². The number of benzene rings is 1. The van der Waals surface area contributed by atoms with E-state index in [2.05, 4.69) is 6.92 Å². The van der Waals surface area contributed by atoms with Crippen LogP contribution >= 0.6 is 0 Å². The molecule has 1 aromatic carbocycles. The lowest BCUT2D eigenvalue weighted by Gasteiger charge is -2.21. The molecule has 2 aliphatic rings. The van der Waals surface area contributed by atoms with E-state index in [9.17, 15) is 4.79 Å². The highest BCUT2D eigenvalue weighted by molar-refractivity contribution is 6.00. The molecular weight excluding hydrogens is 256 g/mol. The van der Waals surface area contributed by atoms with Gasteiger partial charge in [0.2, 0.25) is 0 Å². The number of rotatable bonds is 2. The quantitative estimate of drug-likeness (QED) is 0.779. The Morgan fingerprint density at radius 3 is 2.70 bits per heavy atom. The van der Waals surface area contributed by atoms with Gasteiger partial charge in [-0.05, 0) is 37.5 Å². The first-order valence-electron chi connectivity index (χ1n) is 7.29. The SMILES string of the molecule is CC1COc2ccc(C(=O)C3CCCCO3)cc2OC1. The zero-order valence-electron chi connectivity index (χ0n) is 11.8. The summed E-state index contributed by atoms with van der Waals surface area (Å²) in [6.07, 6.45) is 2.61. The van der Waals surface area contributed by atoms with Gasteiger partial charge >= 0.3 is 0 Å². The van der Waals surface area contributed by atoms with Crippen molar-refractivity contribution in [3.05, 3.63) is 23.8 Å². The molecular formula is C16H20O4. The highest BCUT2D eigenvalue weighted by Crippen LogP contribution is 2.32. The van der Waals surface area contributed by atoms with Gasteiger partial charge in [0.15, 0.2) is 17.3 Å². The number of Topliss-reactive ketones (excluding diaryl/α,β-unsaturated/α-hetero) is 1. The van der Waals surface area contributed by atoms with Crippen LogP contribution in [0, 0.1) is 5.92 Å². The molecule has 4 heteroatoms. The van der Waals surface area contributed by atoms with Crippen LogP contribution in [0.25, 0.3) is 0 Å². The van der Waals surface area contributed by atoms with Crippen molar-refractivity contribution >= 4 is 5.78 Å². The number of ketones is 1. The van der Waals surface area contributed by atoms with Gasteiger partial charge in [-0.3, -0.25) is 4.79 Å². The minimum atomic E-state index is -0.299. The summed E-state index contributed by atoms with van der Waals surface area (Å²) >= 11 is 0. The van der Waals surface area contributed by atoms with E-state index < -0.39 is 0 Å². The van der Waals surface area contributed by atoms with Crippen LogP contribution in [-0.4, -0.2) is 31.7 Å². The molecule has 0 N–H and O–H groups in total. The fourth-order valence-electron chi connectivity index (χ4n) is 2.54. The maximum absolute atomic E-state index is 12.4. The summed E-state index contributed by atoms with van der Waals surface area (Å²) in [5, 5.41) is 0. The van der Waals surface area contributed by atoms with E-state index in [4.69, 9.17) is 14.2 Å². The Morgan fingerprint density at radius 1 is 1.15 bits per heavy atom. The minimum Gasteiger partial charge on any atom is -0.489 e. The summed E-state index contributed by atoms with van der Waals surface area (Å²) in [6.45, 7) is 4.02. The van der Waals surface area contributed by atoms with Crippen molar-refractivity contribution < 1.29 is 19.0 Å². The van der Waals surface area contributed by atoms with Crippen LogP contribution in [-0.2, 0) is 4.74 Å². The Labute approximate surface area is 119 Å². The van der Waals surface area contributed by atoms with Crippen molar-refractivity contribution in [3.8, 4) is 11.5 Å². The highest BCUT2D eigenvalue weighted by atomic mass is 16.5. The average Bonchev–Trinajstić information content (AvgIpc) is 2.69. The van der Waals surface area contributed by atoms with Crippen molar-refractivity contribution in [2.45, 2.75) is 32.3 Å². The fourth-order valence-corrected chi connectivity index (χ4v) is 2.54. The molecule has 0 aliphatic carbocycles. The fraction of sp³-hybridized carbons (Fsp3) is 0.562. The van der Waals surface area contributed by atoms with Gasteiger partial charge in [0.05, 0.1) is 13.2 Å². The molecule has 0 amide bonds. The number of carbonyl (C=O) groups excluding carboxylic acids is 1. The van der Waals surface area contributed by atoms with Gasteiger partial charge in [-0.15, -0.1) is 0 Å². The van der Waals surface area contributed by atoms with Gasteiger partial charge in [0.25, 0.3) is 0 Å². The molecule has 2 atom stereocenters. The Morgan fingerprint density at radius 2 is 1.95 bits per heavy atom. The van der Waals surface area contributed by atoms with Crippen LogP contribution in [0.15, 0.2) is 18.2 Å². The second kappa shape index (κ2) is 5.83. The third-order valence-corrected chi connectivity index (χ3v) is 3.75. The second-order valence-electron chi connectivity index (χ2n) is 5.61. The number of hydrogen-bond acceptors (Lipinski definition) is 4. The molecule has 108 valence electrons. The lowest BCUT2D eigenvalue weighted by Crippen LogP contribution is -2.28. The Balaban J connectivity index is 1.79. The summed E-state index contributed by atoms with van der Waals surface area (Å²) in [5.74, 6) is 1.78. The van der Waals surface area contributed by atoms with Crippen LogP contribution in [0.1, 0.15) is 36.5 Å². The first kappa shape index (κ1) is 13.4. The van der Waals surface area contributed by atoms with E-state index in [1.807, 2.05) is 6.07 Å². The third-order valence-electron chi connectivity index (χ3n) is 3.75. The molecule has 2 heterocycles. The van der Waals surface area contributed by atoms with Crippen molar-refractivity contribution in [3.63, 3.8) is 0 Å². The van der Waals surface area contributed by atoms with Crippen LogP contribution < -0.4 is 9.47 Å². The van der Waals surface area contributed by atoms with Crippen LogP contribution in [0.5, 0.6) is 11.5 Å². The first-order valence-corrected chi connectivity index (χ1v) is 7.29. The molecule has 4 nitrogen and oxygen atoms in total. The molecule has 2 unspecified atom stereocenters. The number of ether oxygens (including phenoxy) is 3. The molecule has 0 saturated carbocycles. The van der Waals surface area contributed by atoms with E-state index in [0.717, 1.165) is 25.0 Å². The van der Waals surface area contributed by atoms with Crippen LogP contribution in [0.3, 0.4) is 0 Å². The van der Waals surface area contributed by atoms with Crippen LogP contribution in [0.2, 0.25) is 0 Å². The van der Waals surface area contributed by atoms with Gasteiger partial charge in [-0.25, -0.2) is 0 Å². The van der Waals surface area contributed by atoms with Crippen molar-refractivity contribution in [2.75, 3.05) is 19.8 Å². The Kier molecular flexibility index (Phi) is 3.92. The summed E-state index contributed by atoms with van der Waals surface area (Å²) in [4.78, 5) is 12.4.